The lowest BCUT2D eigenvalue weighted by Crippen LogP contribution is -2.44. The molecule has 1 fully saturated rings. The van der Waals surface area contributed by atoms with E-state index in [0.29, 0.717) is 40.3 Å². The number of rotatable bonds is 7. The fraction of sp³-hybridized carbons (Fsp3) is 0.269. The van der Waals surface area contributed by atoms with Crippen LogP contribution < -0.4 is 5.32 Å². The van der Waals surface area contributed by atoms with Crippen molar-refractivity contribution < 1.29 is 9.53 Å². The number of carbonyl (C=O) groups is 1. The Morgan fingerprint density at radius 1 is 0.879 bits per heavy atom. The standard InChI is InChI=1S/C26H25Cl3N2O2/c1-2-33-24-16-31(15-23(24)30-26(32)19-7-13-22(29)14-8-19)25(17-3-9-20(27)10-4-17)18-5-11-21(28)12-6-18/h3-14,23-25H,2,15-16H2,1H3,(H,30,32)/t23-,24-/m0/s1. The minimum absolute atomic E-state index is 0.0278. The fourth-order valence-corrected chi connectivity index (χ4v) is 4.67. The maximum atomic E-state index is 12.9. The summed E-state index contributed by atoms with van der Waals surface area (Å²) in [6.07, 6.45) is -0.131. The number of nitrogens with zero attached hydrogens (tertiary/aromatic N) is 1. The third-order valence-electron chi connectivity index (χ3n) is 5.83. The molecule has 7 heteroatoms. The summed E-state index contributed by atoms with van der Waals surface area (Å²) in [5, 5.41) is 5.14. The van der Waals surface area contributed by atoms with Gasteiger partial charge >= 0.3 is 0 Å². The van der Waals surface area contributed by atoms with E-state index in [4.69, 9.17) is 39.5 Å². The van der Waals surface area contributed by atoms with Gasteiger partial charge in [-0.05, 0) is 66.6 Å². The highest BCUT2D eigenvalue weighted by Gasteiger charge is 2.38. The fourth-order valence-electron chi connectivity index (χ4n) is 4.29. The molecule has 4 nitrogen and oxygen atoms in total. The zero-order valence-electron chi connectivity index (χ0n) is 18.2. The van der Waals surface area contributed by atoms with Gasteiger partial charge in [-0.3, -0.25) is 9.69 Å². The molecule has 1 N–H and O–H groups in total. The van der Waals surface area contributed by atoms with Crippen molar-refractivity contribution in [3.63, 3.8) is 0 Å². The molecule has 3 aromatic rings. The molecule has 1 aliphatic heterocycles. The van der Waals surface area contributed by atoms with E-state index >= 15 is 0 Å². The van der Waals surface area contributed by atoms with Gasteiger partial charge in [0, 0.05) is 40.3 Å². The maximum Gasteiger partial charge on any atom is 0.251 e. The molecular weight excluding hydrogens is 479 g/mol. The van der Waals surface area contributed by atoms with E-state index in [1.165, 1.54) is 0 Å². The molecule has 0 aliphatic carbocycles. The molecule has 0 saturated carbocycles. The number of amides is 1. The number of carbonyl (C=O) groups excluding carboxylic acids is 1. The molecule has 0 unspecified atom stereocenters. The lowest BCUT2D eigenvalue weighted by molar-refractivity contribution is 0.0490. The van der Waals surface area contributed by atoms with Crippen molar-refractivity contribution in [3.8, 4) is 0 Å². The van der Waals surface area contributed by atoms with E-state index < -0.39 is 0 Å². The normalized spacial score (nSPS) is 18.6. The van der Waals surface area contributed by atoms with Crippen molar-refractivity contribution in [3.05, 3.63) is 105 Å². The Labute approximate surface area is 209 Å². The Morgan fingerprint density at radius 2 is 1.36 bits per heavy atom. The predicted octanol–water partition coefficient (Wildman–Crippen LogP) is 6.26. The second-order valence-electron chi connectivity index (χ2n) is 8.04. The van der Waals surface area contributed by atoms with Crippen LogP contribution in [0.2, 0.25) is 15.1 Å². The molecule has 2 atom stereocenters. The van der Waals surface area contributed by atoms with Crippen LogP contribution in [0.25, 0.3) is 0 Å². The molecule has 0 spiro atoms. The number of hydrogen-bond donors (Lipinski definition) is 1. The summed E-state index contributed by atoms with van der Waals surface area (Å²) in [4.78, 5) is 15.2. The number of ether oxygens (including phenoxy) is 1. The molecule has 0 bridgehead atoms. The van der Waals surface area contributed by atoms with Gasteiger partial charge in [0.2, 0.25) is 0 Å². The zero-order valence-corrected chi connectivity index (χ0v) is 20.4. The largest absolute Gasteiger partial charge is 0.375 e. The number of nitrogens with one attached hydrogen (secondary N) is 1. The van der Waals surface area contributed by atoms with Crippen molar-refractivity contribution >= 4 is 40.7 Å². The van der Waals surface area contributed by atoms with E-state index in [1.54, 1.807) is 24.3 Å². The minimum Gasteiger partial charge on any atom is -0.375 e. The summed E-state index contributed by atoms with van der Waals surface area (Å²) in [5.41, 5.74) is 2.79. The first kappa shape index (κ1) is 24.1. The monoisotopic (exact) mass is 502 g/mol. The summed E-state index contributed by atoms with van der Waals surface area (Å²) >= 11 is 18.3. The van der Waals surface area contributed by atoms with Crippen molar-refractivity contribution in [2.24, 2.45) is 0 Å². The van der Waals surface area contributed by atoms with E-state index in [2.05, 4.69) is 10.2 Å². The molecule has 4 rings (SSSR count). The second kappa shape index (κ2) is 10.9. The SMILES string of the molecule is CCO[C@H]1CN(C(c2ccc(Cl)cc2)c2ccc(Cl)cc2)C[C@@H]1NC(=O)c1ccc(Cl)cc1. The molecule has 1 amide bonds. The maximum absolute atomic E-state index is 12.9. The number of halogens is 3. The Kier molecular flexibility index (Phi) is 7.94. The van der Waals surface area contributed by atoms with Gasteiger partial charge in [0.1, 0.15) is 0 Å². The summed E-state index contributed by atoms with van der Waals surface area (Å²) in [5.74, 6) is -0.141. The topological polar surface area (TPSA) is 41.6 Å². The molecule has 1 saturated heterocycles. The molecule has 1 heterocycles. The van der Waals surface area contributed by atoms with E-state index in [0.717, 1.165) is 11.1 Å². The molecule has 0 radical (unpaired) electrons. The smallest absolute Gasteiger partial charge is 0.251 e. The van der Waals surface area contributed by atoms with Crippen molar-refractivity contribution in [2.45, 2.75) is 25.1 Å². The lowest BCUT2D eigenvalue weighted by Gasteiger charge is -2.29. The number of benzene rings is 3. The van der Waals surface area contributed by atoms with Gasteiger partial charge in [-0.2, -0.15) is 0 Å². The zero-order chi connectivity index (χ0) is 23.4. The van der Waals surface area contributed by atoms with Crippen LogP contribution in [-0.4, -0.2) is 42.6 Å². The van der Waals surface area contributed by atoms with Gasteiger partial charge in [-0.25, -0.2) is 0 Å². The van der Waals surface area contributed by atoms with Crippen molar-refractivity contribution in [2.75, 3.05) is 19.7 Å². The van der Waals surface area contributed by atoms with Crippen LogP contribution in [0.1, 0.15) is 34.5 Å². The highest BCUT2D eigenvalue weighted by molar-refractivity contribution is 6.31. The first-order chi connectivity index (χ1) is 15.9. The highest BCUT2D eigenvalue weighted by Crippen LogP contribution is 2.34. The molecule has 3 aromatic carbocycles. The van der Waals surface area contributed by atoms with E-state index in [1.807, 2.05) is 55.5 Å². The molecular formula is C26H25Cl3N2O2. The first-order valence-electron chi connectivity index (χ1n) is 10.9. The van der Waals surface area contributed by atoms with Gasteiger partial charge < -0.3 is 10.1 Å². The summed E-state index contributed by atoms with van der Waals surface area (Å²) in [7, 11) is 0. The van der Waals surface area contributed by atoms with Crippen LogP contribution in [0.5, 0.6) is 0 Å². The number of likely N-dealkylation sites (tertiary alicyclic amines) is 1. The van der Waals surface area contributed by atoms with Gasteiger partial charge in [0.05, 0.1) is 18.2 Å². The summed E-state index contributed by atoms with van der Waals surface area (Å²) in [6, 6.07) is 22.4. The van der Waals surface area contributed by atoms with Gasteiger partial charge in [0.15, 0.2) is 0 Å². The third kappa shape index (κ3) is 5.89. The molecule has 0 aromatic heterocycles. The van der Waals surface area contributed by atoms with Gasteiger partial charge in [-0.1, -0.05) is 59.1 Å². The lowest BCUT2D eigenvalue weighted by atomic mass is 9.97. The highest BCUT2D eigenvalue weighted by atomic mass is 35.5. The quantitative estimate of drug-likeness (QED) is 0.414. The summed E-state index contributed by atoms with van der Waals surface area (Å²) in [6.45, 7) is 3.85. The molecule has 33 heavy (non-hydrogen) atoms. The second-order valence-corrected chi connectivity index (χ2v) is 9.35. The van der Waals surface area contributed by atoms with Crippen LogP contribution in [0.15, 0.2) is 72.8 Å². The minimum atomic E-state index is -0.157. The Bertz CT molecular complexity index is 1030. The van der Waals surface area contributed by atoms with Gasteiger partial charge in [0.25, 0.3) is 5.91 Å². The van der Waals surface area contributed by atoms with Crippen LogP contribution in [-0.2, 0) is 4.74 Å². The van der Waals surface area contributed by atoms with Crippen LogP contribution >= 0.6 is 34.8 Å². The third-order valence-corrected chi connectivity index (χ3v) is 6.59. The Morgan fingerprint density at radius 3 is 1.85 bits per heavy atom. The van der Waals surface area contributed by atoms with E-state index in [-0.39, 0.29) is 24.1 Å². The Balaban J connectivity index is 1.60. The van der Waals surface area contributed by atoms with E-state index in [9.17, 15) is 4.79 Å². The Hall–Kier alpha value is -2.08. The van der Waals surface area contributed by atoms with Crippen molar-refractivity contribution in [1.29, 1.82) is 0 Å². The average Bonchev–Trinajstić information content (AvgIpc) is 3.19. The van der Waals surface area contributed by atoms with Gasteiger partial charge in [-0.15, -0.1) is 0 Å². The summed E-state index contributed by atoms with van der Waals surface area (Å²) < 4.78 is 6.04. The number of hydrogen-bond acceptors (Lipinski definition) is 3. The predicted molar refractivity (Wildman–Crippen MR) is 134 cm³/mol. The van der Waals surface area contributed by atoms with Crippen LogP contribution in [0.3, 0.4) is 0 Å². The van der Waals surface area contributed by atoms with Crippen LogP contribution in [0, 0.1) is 0 Å². The molecule has 172 valence electrons. The van der Waals surface area contributed by atoms with Crippen LogP contribution in [0.4, 0.5) is 0 Å². The first-order valence-corrected chi connectivity index (χ1v) is 12.0. The van der Waals surface area contributed by atoms with Crippen molar-refractivity contribution in [1.82, 2.24) is 10.2 Å². The average molecular weight is 504 g/mol. The molecule has 1 aliphatic rings.